The van der Waals surface area contributed by atoms with Crippen LogP contribution >= 0.6 is 0 Å². The lowest BCUT2D eigenvalue weighted by molar-refractivity contribution is -0.133. The number of amides is 1. The minimum atomic E-state index is -1.23. The molecular weight excluding hydrogens is 363 g/mol. The summed E-state index contributed by atoms with van der Waals surface area (Å²) in [7, 11) is 0. The first-order chi connectivity index (χ1) is 14.0. The Morgan fingerprint density at radius 1 is 1.14 bits per heavy atom. The Balaban J connectivity index is 1.49. The Kier molecular flexibility index (Phi) is 5.35. The predicted molar refractivity (Wildman–Crippen MR) is 116 cm³/mol. The monoisotopic (exact) mass is 390 g/mol. The number of likely N-dealkylation sites (tertiary alicyclic amines) is 1. The fourth-order valence-corrected chi connectivity index (χ4v) is 4.27. The third-order valence-electron chi connectivity index (χ3n) is 6.05. The number of piperidine rings is 1. The molecule has 2 heterocycles. The topological polar surface area (TPSA) is 33.2 Å². The van der Waals surface area contributed by atoms with E-state index in [2.05, 4.69) is 42.2 Å². The highest BCUT2D eigenvalue weighted by Gasteiger charge is 2.35. The first-order valence-electron chi connectivity index (χ1n) is 10.4. The quantitative estimate of drug-likeness (QED) is 0.590. The average Bonchev–Trinajstić information content (AvgIpc) is 2.74. The lowest BCUT2D eigenvalue weighted by atomic mass is 9.86. The number of pyridine rings is 1. The maximum Gasteiger partial charge on any atom is 0.222 e. The molecule has 0 saturated carbocycles. The van der Waals surface area contributed by atoms with Gasteiger partial charge >= 0.3 is 0 Å². The van der Waals surface area contributed by atoms with Crippen LogP contribution in [-0.4, -0.2) is 34.5 Å². The van der Waals surface area contributed by atoms with E-state index < -0.39 is 5.67 Å². The second-order valence-corrected chi connectivity index (χ2v) is 8.12. The van der Waals surface area contributed by atoms with Crippen molar-refractivity contribution in [2.24, 2.45) is 0 Å². The summed E-state index contributed by atoms with van der Waals surface area (Å²) in [4.78, 5) is 18.1. The molecule has 1 amide bonds. The summed E-state index contributed by atoms with van der Waals surface area (Å²) in [6.07, 6.45) is 3.53. The second kappa shape index (κ2) is 7.94. The van der Waals surface area contributed by atoms with Crippen molar-refractivity contribution in [2.45, 2.75) is 45.2 Å². The van der Waals surface area contributed by atoms with Crippen molar-refractivity contribution in [3.05, 3.63) is 65.9 Å². The standard InChI is InChI=1S/C25H27FN2O/c1-3-24(29)28-13-10-25(26,11-14-28)17-19-6-8-20(9-7-19)22-16-23-21(15-18(22)2)5-4-12-27-23/h4-9,12,15-16H,3,10-11,13-14,17H2,1-2H3. The maximum atomic E-state index is 15.3. The number of aromatic nitrogens is 1. The summed E-state index contributed by atoms with van der Waals surface area (Å²) >= 11 is 0. The van der Waals surface area contributed by atoms with Gasteiger partial charge in [-0.05, 0) is 60.2 Å². The lowest BCUT2D eigenvalue weighted by Crippen LogP contribution is -2.45. The smallest absolute Gasteiger partial charge is 0.222 e. The summed E-state index contributed by atoms with van der Waals surface area (Å²) in [5.41, 5.74) is 4.23. The van der Waals surface area contributed by atoms with Crippen LogP contribution in [0.3, 0.4) is 0 Å². The van der Waals surface area contributed by atoms with Crippen LogP contribution in [0.1, 0.15) is 37.3 Å². The van der Waals surface area contributed by atoms with E-state index in [9.17, 15) is 4.79 Å². The van der Waals surface area contributed by atoms with E-state index in [1.807, 2.05) is 31.3 Å². The molecule has 1 aliphatic heterocycles. The van der Waals surface area contributed by atoms with Gasteiger partial charge in [0.1, 0.15) is 5.67 Å². The number of hydrogen-bond acceptors (Lipinski definition) is 2. The van der Waals surface area contributed by atoms with Gasteiger partial charge in [-0.1, -0.05) is 37.3 Å². The van der Waals surface area contributed by atoms with Crippen molar-refractivity contribution in [1.82, 2.24) is 9.88 Å². The minimum absolute atomic E-state index is 0.122. The van der Waals surface area contributed by atoms with Crippen LogP contribution in [0.2, 0.25) is 0 Å². The molecule has 0 aliphatic carbocycles. The average molecular weight is 391 g/mol. The molecule has 150 valence electrons. The number of rotatable bonds is 4. The van der Waals surface area contributed by atoms with Crippen molar-refractivity contribution in [1.29, 1.82) is 0 Å². The number of hydrogen-bond donors (Lipinski definition) is 0. The number of alkyl halides is 1. The van der Waals surface area contributed by atoms with Gasteiger partial charge in [-0.15, -0.1) is 0 Å². The van der Waals surface area contributed by atoms with Gasteiger partial charge in [-0.25, -0.2) is 4.39 Å². The van der Waals surface area contributed by atoms with Crippen LogP contribution < -0.4 is 0 Å². The molecule has 1 fully saturated rings. The Labute approximate surface area is 171 Å². The Hall–Kier alpha value is -2.75. The molecule has 4 rings (SSSR count). The summed E-state index contributed by atoms with van der Waals surface area (Å²) in [5, 5.41) is 1.14. The fourth-order valence-electron chi connectivity index (χ4n) is 4.27. The fraction of sp³-hybridized carbons (Fsp3) is 0.360. The number of fused-ring (bicyclic) bond motifs is 1. The van der Waals surface area contributed by atoms with E-state index in [0.29, 0.717) is 38.8 Å². The van der Waals surface area contributed by atoms with Crippen molar-refractivity contribution in [3.8, 4) is 11.1 Å². The number of aryl methyl sites for hydroxylation is 1. The molecule has 0 radical (unpaired) electrons. The molecule has 0 bridgehead atoms. The first kappa shape index (κ1) is 19.6. The molecule has 3 aromatic rings. The molecule has 0 spiro atoms. The highest BCUT2D eigenvalue weighted by atomic mass is 19.1. The van der Waals surface area contributed by atoms with Crippen LogP contribution in [0.4, 0.5) is 4.39 Å². The number of benzene rings is 2. The van der Waals surface area contributed by atoms with Gasteiger partial charge in [0.25, 0.3) is 0 Å². The lowest BCUT2D eigenvalue weighted by Gasteiger charge is -2.36. The summed E-state index contributed by atoms with van der Waals surface area (Å²) in [6.45, 7) is 5.00. The van der Waals surface area contributed by atoms with Gasteiger partial charge in [0, 0.05) is 37.5 Å². The molecule has 1 aliphatic rings. The zero-order chi connectivity index (χ0) is 20.4. The van der Waals surface area contributed by atoms with E-state index >= 15 is 4.39 Å². The van der Waals surface area contributed by atoms with Gasteiger partial charge in [0.15, 0.2) is 0 Å². The van der Waals surface area contributed by atoms with Crippen molar-refractivity contribution in [2.75, 3.05) is 13.1 Å². The van der Waals surface area contributed by atoms with Crippen LogP contribution in [0.5, 0.6) is 0 Å². The molecular formula is C25H27FN2O. The number of nitrogens with zero attached hydrogens (tertiary/aromatic N) is 2. The van der Waals surface area contributed by atoms with E-state index in [1.54, 1.807) is 4.90 Å². The molecule has 0 N–H and O–H groups in total. The summed E-state index contributed by atoms with van der Waals surface area (Å²) in [6, 6.07) is 16.5. The normalized spacial score (nSPS) is 16.2. The molecule has 1 saturated heterocycles. The Bertz CT molecular complexity index is 1020. The molecule has 3 nitrogen and oxygen atoms in total. The molecule has 4 heteroatoms. The Morgan fingerprint density at radius 3 is 2.55 bits per heavy atom. The first-order valence-corrected chi connectivity index (χ1v) is 10.4. The Morgan fingerprint density at radius 2 is 1.86 bits per heavy atom. The number of carbonyl (C=O) groups is 1. The van der Waals surface area contributed by atoms with Crippen molar-refractivity contribution < 1.29 is 9.18 Å². The summed E-state index contributed by atoms with van der Waals surface area (Å²) in [5.74, 6) is 0.122. The minimum Gasteiger partial charge on any atom is -0.342 e. The highest BCUT2D eigenvalue weighted by Crippen LogP contribution is 2.32. The zero-order valence-electron chi connectivity index (χ0n) is 17.1. The van der Waals surface area contributed by atoms with Gasteiger partial charge < -0.3 is 4.90 Å². The SMILES string of the molecule is CCC(=O)N1CCC(F)(Cc2ccc(-c3cc4ncccc4cc3C)cc2)CC1. The maximum absolute atomic E-state index is 15.3. The molecule has 1 aromatic heterocycles. The molecule has 29 heavy (non-hydrogen) atoms. The predicted octanol–water partition coefficient (Wildman–Crippen LogP) is 5.49. The van der Waals surface area contributed by atoms with Crippen molar-refractivity contribution >= 4 is 16.8 Å². The molecule has 0 unspecified atom stereocenters. The van der Waals surface area contributed by atoms with Crippen LogP contribution in [0, 0.1) is 6.92 Å². The van der Waals surface area contributed by atoms with Crippen LogP contribution in [0.25, 0.3) is 22.0 Å². The van der Waals surface area contributed by atoms with E-state index in [-0.39, 0.29) is 5.91 Å². The van der Waals surface area contributed by atoms with E-state index in [0.717, 1.165) is 27.6 Å². The van der Waals surface area contributed by atoms with Crippen LogP contribution in [-0.2, 0) is 11.2 Å². The number of carbonyl (C=O) groups excluding carboxylic acids is 1. The molecule has 2 aromatic carbocycles. The second-order valence-electron chi connectivity index (χ2n) is 8.12. The third kappa shape index (κ3) is 4.16. The van der Waals surface area contributed by atoms with Crippen LogP contribution in [0.15, 0.2) is 54.7 Å². The van der Waals surface area contributed by atoms with Gasteiger partial charge in [-0.2, -0.15) is 0 Å². The largest absolute Gasteiger partial charge is 0.342 e. The van der Waals surface area contributed by atoms with E-state index in [1.165, 1.54) is 5.56 Å². The van der Waals surface area contributed by atoms with Crippen molar-refractivity contribution in [3.63, 3.8) is 0 Å². The number of halogens is 1. The van der Waals surface area contributed by atoms with Gasteiger partial charge in [-0.3, -0.25) is 9.78 Å². The zero-order valence-corrected chi connectivity index (χ0v) is 17.1. The van der Waals surface area contributed by atoms with Gasteiger partial charge in [0.05, 0.1) is 5.52 Å². The molecule has 0 atom stereocenters. The van der Waals surface area contributed by atoms with Gasteiger partial charge in [0.2, 0.25) is 5.91 Å². The third-order valence-corrected chi connectivity index (χ3v) is 6.05. The highest BCUT2D eigenvalue weighted by molar-refractivity contribution is 5.86. The summed E-state index contributed by atoms with van der Waals surface area (Å²) < 4.78 is 15.3. The van der Waals surface area contributed by atoms with E-state index in [4.69, 9.17) is 0 Å².